The quantitative estimate of drug-likeness (QED) is 0.703. The number of likely N-dealkylation sites (tertiary alicyclic amines) is 1. The number of hydrogen-bond acceptors (Lipinski definition) is 2. The number of halogens is 2. The molecule has 0 amide bonds. The molecule has 1 aliphatic heterocycles. The minimum Gasteiger partial charge on any atom is -0.311 e. The first-order valence-electron chi connectivity index (χ1n) is 4.84. The lowest BCUT2D eigenvalue weighted by Gasteiger charge is -2.39. The third-order valence-electron chi connectivity index (χ3n) is 2.23. The molecule has 0 unspecified atom stereocenters. The van der Waals surface area contributed by atoms with Crippen LogP contribution in [0.2, 0.25) is 0 Å². The SMILES string of the molecule is CCNCC(F)(F)CN1CC(C)C1. The van der Waals surface area contributed by atoms with Crippen LogP contribution in [0.3, 0.4) is 0 Å². The van der Waals surface area contributed by atoms with Gasteiger partial charge >= 0.3 is 0 Å². The highest BCUT2D eigenvalue weighted by Crippen LogP contribution is 2.21. The summed E-state index contributed by atoms with van der Waals surface area (Å²) in [4.78, 5) is 1.81. The van der Waals surface area contributed by atoms with Crippen molar-refractivity contribution < 1.29 is 8.78 Å². The van der Waals surface area contributed by atoms with E-state index in [0.717, 1.165) is 13.1 Å². The molecule has 0 aliphatic carbocycles. The summed E-state index contributed by atoms with van der Waals surface area (Å²) in [6.07, 6.45) is 0. The lowest BCUT2D eigenvalue weighted by atomic mass is 10.0. The van der Waals surface area contributed by atoms with Gasteiger partial charge in [0.15, 0.2) is 0 Å². The monoisotopic (exact) mass is 192 g/mol. The first-order chi connectivity index (χ1) is 6.03. The second kappa shape index (κ2) is 4.33. The number of rotatable bonds is 5. The minimum atomic E-state index is -2.57. The molecule has 0 spiro atoms. The highest BCUT2D eigenvalue weighted by Gasteiger charge is 2.35. The predicted octanol–water partition coefficient (Wildman–Crippen LogP) is 1.18. The van der Waals surface area contributed by atoms with Gasteiger partial charge in [0.2, 0.25) is 0 Å². The molecule has 0 aromatic carbocycles. The second-order valence-electron chi connectivity index (χ2n) is 3.94. The van der Waals surface area contributed by atoms with Crippen molar-refractivity contribution in [3.05, 3.63) is 0 Å². The van der Waals surface area contributed by atoms with Crippen molar-refractivity contribution >= 4 is 0 Å². The van der Waals surface area contributed by atoms with Crippen LogP contribution in [0.5, 0.6) is 0 Å². The fourth-order valence-electron chi connectivity index (χ4n) is 1.65. The molecule has 13 heavy (non-hydrogen) atoms. The Morgan fingerprint density at radius 3 is 2.54 bits per heavy atom. The van der Waals surface area contributed by atoms with E-state index < -0.39 is 5.92 Å². The van der Waals surface area contributed by atoms with E-state index in [1.807, 2.05) is 11.8 Å². The van der Waals surface area contributed by atoms with E-state index in [1.165, 1.54) is 0 Å². The van der Waals surface area contributed by atoms with Crippen LogP contribution in [0.4, 0.5) is 8.78 Å². The summed E-state index contributed by atoms with van der Waals surface area (Å²) in [5, 5.41) is 2.68. The van der Waals surface area contributed by atoms with Gasteiger partial charge < -0.3 is 5.32 Å². The van der Waals surface area contributed by atoms with Crippen molar-refractivity contribution in [2.45, 2.75) is 19.8 Å². The maximum absolute atomic E-state index is 13.1. The Bertz CT molecular complexity index is 156. The summed E-state index contributed by atoms with van der Waals surface area (Å²) in [7, 11) is 0. The summed E-state index contributed by atoms with van der Waals surface area (Å²) in [5.74, 6) is -1.98. The summed E-state index contributed by atoms with van der Waals surface area (Å²) in [6.45, 7) is 5.87. The topological polar surface area (TPSA) is 15.3 Å². The summed E-state index contributed by atoms with van der Waals surface area (Å²) in [5.41, 5.74) is 0. The number of alkyl halides is 2. The molecule has 0 saturated carbocycles. The smallest absolute Gasteiger partial charge is 0.272 e. The third-order valence-corrected chi connectivity index (χ3v) is 2.23. The van der Waals surface area contributed by atoms with Crippen LogP contribution in [0.15, 0.2) is 0 Å². The van der Waals surface area contributed by atoms with Crippen molar-refractivity contribution in [1.29, 1.82) is 0 Å². The van der Waals surface area contributed by atoms with Crippen molar-refractivity contribution in [3.8, 4) is 0 Å². The third kappa shape index (κ3) is 3.56. The largest absolute Gasteiger partial charge is 0.311 e. The van der Waals surface area contributed by atoms with Gasteiger partial charge in [-0.25, -0.2) is 8.78 Å². The van der Waals surface area contributed by atoms with Gasteiger partial charge in [-0.15, -0.1) is 0 Å². The van der Waals surface area contributed by atoms with E-state index in [4.69, 9.17) is 0 Å². The molecular weight excluding hydrogens is 174 g/mol. The lowest BCUT2D eigenvalue weighted by molar-refractivity contribution is -0.0556. The van der Waals surface area contributed by atoms with Crippen molar-refractivity contribution in [3.63, 3.8) is 0 Å². The Morgan fingerprint density at radius 2 is 2.08 bits per heavy atom. The molecule has 1 saturated heterocycles. The summed E-state index contributed by atoms with van der Waals surface area (Å²) < 4.78 is 26.2. The van der Waals surface area contributed by atoms with Gasteiger partial charge in [0.05, 0.1) is 13.1 Å². The molecule has 0 aromatic rings. The van der Waals surface area contributed by atoms with Crippen LogP contribution in [0, 0.1) is 5.92 Å². The molecule has 0 radical (unpaired) electrons. The first kappa shape index (κ1) is 10.9. The van der Waals surface area contributed by atoms with E-state index in [1.54, 1.807) is 0 Å². The molecule has 1 fully saturated rings. The molecule has 0 aromatic heterocycles. The van der Waals surface area contributed by atoms with E-state index in [2.05, 4.69) is 12.2 Å². The molecular formula is C9H18F2N2. The Labute approximate surface area is 78.3 Å². The standard InChI is InChI=1S/C9H18F2N2/c1-3-12-6-9(10,11)7-13-4-8(2)5-13/h8,12H,3-7H2,1-2H3. The Hall–Kier alpha value is -0.220. The first-order valence-corrected chi connectivity index (χ1v) is 4.84. The van der Waals surface area contributed by atoms with Crippen LogP contribution in [0.25, 0.3) is 0 Å². The van der Waals surface area contributed by atoms with Gasteiger partial charge in [-0.1, -0.05) is 13.8 Å². The van der Waals surface area contributed by atoms with Gasteiger partial charge in [-0.05, 0) is 12.5 Å². The zero-order valence-corrected chi connectivity index (χ0v) is 8.32. The molecule has 78 valence electrons. The zero-order chi connectivity index (χ0) is 9.90. The van der Waals surface area contributed by atoms with E-state index >= 15 is 0 Å². The van der Waals surface area contributed by atoms with Crippen LogP contribution < -0.4 is 5.32 Å². The molecule has 1 heterocycles. The highest BCUT2D eigenvalue weighted by molar-refractivity contribution is 4.82. The molecule has 4 heteroatoms. The van der Waals surface area contributed by atoms with Gasteiger partial charge in [0.25, 0.3) is 5.92 Å². The molecule has 0 atom stereocenters. The van der Waals surface area contributed by atoms with E-state index in [9.17, 15) is 8.78 Å². The average molecular weight is 192 g/mol. The van der Waals surface area contributed by atoms with E-state index in [0.29, 0.717) is 12.5 Å². The second-order valence-corrected chi connectivity index (χ2v) is 3.94. The van der Waals surface area contributed by atoms with Crippen molar-refractivity contribution in [2.75, 3.05) is 32.7 Å². The molecule has 1 N–H and O–H groups in total. The van der Waals surface area contributed by atoms with Crippen molar-refractivity contribution in [1.82, 2.24) is 10.2 Å². The maximum atomic E-state index is 13.1. The normalized spacial score (nSPS) is 20.3. The predicted molar refractivity (Wildman–Crippen MR) is 49.1 cm³/mol. The molecule has 2 nitrogen and oxygen atoms in total. The lowest BCUT2D eigenvalue weighted by Crippen LogP contribution is -2.52. The molecule has 1 rings (SSSR count). The van der Waals surface area contributed by atoms with Crippen LogP contribution in [0.1, 0.15) is 13.8 Å². The van der Waals surface area contributed by atoms with Crippen molar-refractivity contribution in [2.24, 2.45) is 5.92 Å². The average Bonchev–Trinajstić information content (AvgIpc) is 1.98. The Morgan fingerprint density at radius 1 is 1.46 bits per heavy atom. The van der Waals surface area contributed by atoms with Crippen LogP contribution in [-0.2, 0) is 0 Å². The maximum Gasteiger partial charge on any atom is 0.272 e. The van der Waals surface area contributed by atoms with Crippen LogP contribution in [-0.4, -0.2) is 43.5 Å². The molecule has 0 bridgehead atoms. The molecule has 1 aliphatic rings. The van der Waals surface area contributed by atoms with Gasteiger partial charge in [0, 0.05) is 13.1 Å². The van der Waals surface area contributed by atoms with Gasteiger partial charge in [0.1, 0.15) is 0 Å². The minimum absolute atomic E-state index is 0.0929. The number of hydrogen-bond donors (Lipinski definition) is 1. The number of nitrogens with one attached hydrogen (secondary N) is 1. The summed E-state index contributed by atoms with van der Waals surface area (Å²) >= 11 is 0. The Balaban J connectivity index is 2.17. The Kier molecular flexibility index (Phi) is 3.62. The fourth-order valence-corrected chi connectivity index (χ4v) is 1.65. The van der Waals surface area contributed by atoms with E-state index in [-0.39, 0.29) is 13.1 Å². The zero-order valence-electron chi connectivity index (χ0n) is 8.32. The fraction of sp³-hybridized carbons (Fsp3) is 1.00. The number of nitrogens with zero attached hydrogens (tertiary/aromatic N) is 1. The van der Waals surface area contributed by atoms with Gasteiger partial charge in [-0.2, -0.15) is 0 Å². The van der Waals surface area contributed by atoms with Crippen LogP contribution >= 0.6 is 0 Å². The highest BCUT2D eigenvalue weighted by atomic mass is 19.3. The summed E-state index contributed by atoms with van der Waals surface area (Å²) in [6, 6.07) is 0. The van der Waals surface area contributed by atoms with Gasteiger partial charge in [-0.3, -0.25) is 4.90 Å².